The lowest BCUT2D eigenvalue weighted by molar-refractivity contribution is -0.140. The van der Waals surface area contributed by atoms with E-state index in [2.05, 4.69) is 4.98 Å². The molecule has 0 amide bonds. The van der Waals surface area contributed by atoms with E-state index in [-0.39, 0.29) is 15.3 Å². The molecule has 2 aromatic carbocycles. The Morgan fingerprint density at radius 2 is 1.74 bits per heavy atom. The van der Waals surface area contributed by atoms with Gasteiger partial charge in [-0.05, 0) is 37.3 Å². The number of allylic oxidation sites excluding steroid dienone is 1. The van der Waals surface area contributed by atoms with E-state index in [1.165, 1.54) is 18.3 Å². The SMILES string of the molecule is Cc1ccc2nc(C(F)(F)F)cc(N3CCN(C=C(C#N)S(=O)(=O)c4ccccc4)CC3)c2c1. The molecule has 0 aliphatic carbocycles. The molecule has 1 aliphatic heterocycles. The number of sulfone groups is 1. The summed E-state index contributed by atoms with van der Waals surface area (Å²) >= 11 is 0. The Morgan fingerprint density at radius 1 is 1.06 bits per heavy atom. The minimum Gasteiger partial charge on any atom is -0.372 e. The number of rotatable bonds is 4. The van der Waals surface area contributed by atoms with Crippen LogP contribution in [0.15, 0.2) is 70.6 Å². The molecule has 2 heterocycles. The Morgan fingerprint density at radius 3 is 2.35 bits per heavy atom. The summed E-state index contributed by atoms with van der Waals surface area (Å²) in [6.07, 6.45) is -3.26. The third kappa shape index (κ3) is 4.70. The minimum atomic E-state index is -4.58. The molecule has 1 aliphatic rings. The number of pyridine rings is 1. The fraction of sp³-hybridized carbons (Fsp3) is 0.250. The Hall–Kier alpha value is -3.58. The van der Waals surface area contributed by atoms with E-state index < -0.39 is 21.7 Å². The van der Waals surface area contributed by atoms with Crippen molar-refractivity contribution in [3.05, 3.63) is 77.0 Å². The summed E-state index contributed by atoms with van der Waals surface area (Å²) in [4.78, 5) is 6.98. The summed E-state index contributed by atoms with van der Waals surface area (Å²) < 4.78 is 65.9. The van der Waals surface area contributed by atoms with E-state index >= 15 is 0 Å². The Labute approximate surface area is 195 Å². The van der Waals surface area contributed by atoms with Gasteiger partial charge in [-0.25, -0.2) is 13.4 Å². The maximum Gasteiger partial charge on any atom is 0.433 e. The molecule has 0 atom stereocenters. The first kappa shape index (κ1) is 23.6. The highest BCUT2D eigenvalue weighted by molar-refractivity contribution is 7.95. The highest BCUT2D eigenvalue weighted by Crippen LogP contribution is 2.35. The zero-order valence-electron chi connectivity index (χ0n) is 18.2. The number of nitriles is 1. The third-order valence-corrected chi connectivity index (χ3v) is 7.31. The van der Waals surface area contributed by atoms with Crippen LogP contribution in [-0.4, -0.2) is 44.5 Å². The molecule has 1 saturated heterocycles. The molecular weight excluding hydrogens is 465 g/mol. The molecule has 10 heteroatoms. The van der Waals surface area contributed by atoms with E-state index in [0.29, 0.717) is 37.3 Å². The molecule has 0 bridgehead atoms. The average molecular weight is 487 g/mol. The van der Waals surface area contributed by atoms with Gasteiger partial charge < -0.3 is 9.80 Å². The lowest BCUT2D eigenvalue weighted by Crippen LogP contribution is -2.44. The van der Waals surface area contributed by atoms with E-state index in [1.54, 1.807) is 41.3 Å². The molecule has 6 nitrogen and oxygen atoms in total. The molecule has 176 valence electrons. The van der Waals surface area contributed by atoms with Crippen molar-refractivity contribution >= 4 is 26.4 Å². The topological polar surface area (TPSA) is 77.3 Å². The molecule has 0 unspecified atom stereocenters. The van der Waals surface area contributed by atoms with E-state index in [4.69, 9.17) is 0 Å². The van der Waals surface area contributed by atoms with Crippen LogP contribution in [0.3, 0.4) is 0 Å². The van der Waals surface area contributed by atoms with Gasteiger partial charge in [-0.2, -0.15) is 18.4 Å². The van der Waals surface area contributed by atoms with Crippen molar-refractivity contribution < 1.29 is 21.6 Å². The molecule has 0 N–H and O–H groups in total. The highest BCUT2D eigenvalue weighted by Gasteiger charge is 2.34. The average Bonchev–Trinajstić information content (AvgIpc) is 2.82. The van der Waals surface area contributed by atoms with Crippen LogP contribution in [0.1, 0.15) is 11.3 Å². The molecule has 0 saturated carbocycles. The third-order valence-electron chi connectivity index (χ3n) is 5.64. The van der Waals surface area contributed by atoms with Crippen molar-refractivity contribution in [1.29, 1.82) is 5.26 Å². The quantitative estimate of drug-likeness (QED) is 0.505. The second-order valence-corrected chi connectivity index (χ2v) is 9.91. The number of hydrogen-bond acceptors (Lipinski definition) is 6. The fourth-order valence-corrected chi connectivity index (χ4v) is 5.05. The second kappa shape index (κ2) is 8.99. The first-order chi connectivity index (χ1) is 16.1. The van der Waals surface area contributed by atoms with Gasteiger partial charge in [0.25, 0.3) is 0 Å². The van der Waals surface area contributed by atoms with Crippen LogP contribution in [0.5, 0.6) is 0 Å². The van der Waals surface area contributed by atoms with Crippen molar-refractivity contribution in [1.82, 2.24) is 9.88 Å². The normalized spacial score (nSPS) is 15.4. The highest BCUT2D eigenvalue weighted by atomic mass is 32.2. The van der Waals surface area contributed by atoms with Gasteiger partial charge in [0.1, 0.15) is 11.8 Å². The largest absolute Gasteiger partial charge is 0.433 e. The summed E-state index contributed by atoms with van der Waals surface area (Å²) in [5.41, 5.74) is 0.643. The standard InChI is InChI=1S/C24H21F3N4O2S/c1-17-7-8-21-20(13-17)22(14-23(29-21)24(25,26)27)31-11-9-30(10-12-31)16-19(15-28)34(32,33)18-5-3-2-4-6-18/h2-8,13-14,16H,9-12H2,1H3. The summed E-state index contributed by atoms with van der Waals surface area (Å²) in [5, 5.41) is 10.1. The van der Waals surface area contributed by atoms with Gasteiger partial charge in [0.05, 0.1) is 10.4 Å². The molecular formula is C24H21F3N4O2S. The summed E-state index contributed by atoms with van der Waals surface area (Å²) in [5.74, 6) is 0. The predicted molar refractivity (Wildman–Crippen MR) is 123 cm³/mol. The number of piperazine rings is 1. The van der Waals surface area contributed by atoms with Crippen molar-refractivity contribution in [2.45, 2.75) is 18.0 Å². The van der Waals surface area contributed by atoms with E-state index in [1.807, 2.05) is 17.9 Å². The first-order valence-corrected chi connectivity index (χ1v) is 12.0. The summed E-state index contributed by atoms with van der Waals surface area (Å²) in [6, 6.07) is 15.6. The Kier molecular flexibility index (Phi) is 6.23. The molecule has 4 rings (SSSR count). The molecule has 1 fully saturated rings. The lowest BCUT2D eigenvalue weighted by Gasteiger charge is -2.36. The van der Waals surface area contributed by atoms with Gasteiger partial charge in [-0.3, -0.25) is 0 Å². The fourth-order valence-electron chi connectivity index (χ4n) is 3.87. The molecule has 0 spiro atoms. The maximum atomic E-state index is 13.5. The first-order valence-electron chi connectivity index (χ1n) is 10.5. The zero-order chi connectivity index (χ0) is 24.5. The van der Waals surface area contributed by atoms with Gasteiger partial charge in [-0.1, -0.05) is 29.8 Å². The van der Waals surface area contributed by atoms with Crippen molar-refractivity contribution in [3.63, 3.8) is 0 Å². The number of halogens is 3. The van der Waals surface area contributed by atoms with Crippen molar-refractivity contribution in [2.24, 2.45) is 0 Å². The number of hydrogen-bond donors (Lipinski definition) is 0. The van der Waals surface area contributed by atoms with Gasteiger partial charge in [0.15, 0.2) is 4.91 Å². The summed E-state index contributed by atoms with van der Waals surface area (Å²) in [6.45, 7) is 3.25. The van der Waals surface area contributed by atoms with Crippen LogP contribution in [0, 0.1) is 18.3 Å². The number of aryl methyl sites for hydroxylation is 1. The second-order valence-electron chi connectivity index (χ2n) is 7.99. The monoisotopic (exact) mass is 486 g/mol. The number of nitrogens with zero attached hydrogens (tertiary/aromatic N) is 4. The van der Waals surface area contributed by atoms with E-state index in [0.717, 1.165) is 11.6 Å². The Bertz CT molecular complexity index is 1390. The van der Waals surface area contributed by atoms with Crippen LogP contribution in [-0.2, 0) is 16.0 Å². The summed E-state index contributed by atoms with van der Waals surface area (Å²) in [7, 11) is -3.96. The van der Waals surface area contributed by atoms with Crippen molar-refractivity contribution in [2.75, 3.05) is 31.1 Å². The number of anilines is 1. The zero-order valence-corrected chi connectivity index (χ0v) is 19.1. The number of benzene rings is 2. The van der Waals surface area contributed by atoms with Crippen molar-refractivity contribution in [3.8, 4) is 6.07 Å². The molecule has 1 aromatic heterocycles. The van der Waals surface area contributed by atoms with Crippen LogP contribution in [0.2, 0.25) is 0 Å². The maximum absolute atomic E-state index is 13.5. The van der Waals surface area contributed by atoms with Gasteiger partial charge >= 0.3 is 6.18 Å². The van der Waals surface area contributed by atoms with Crippen LogP contribution < -0.4 is 4.90 Å². The van der Waals surface area contributed by atoms with Gasteiger partial charge in [0, 0.05) is 43.5 Å². The van der Waals surface area contributed by atoms with Gasteiger partial charge in [0.2, 0.25) is 9.84 Å². The predicted octanol–water partition coefficient (Wildman–Crippen LogP) is 4.52. The molecule has 0 radical (unpaired) electrons. The van der Waals surface area contributed by atoms with Gasteiger partial charge in [-0.15, -0.1) is 0 Å². The number of fused-ring (bicyclic) bond motifs is 1. The van der Waals surface area contributed by atoms with E-state index in [9.17, 15) is 26.9 Å². The van der Waals surface area contributed by atoms with Crippen LogP contribution in [0.25, 0.3) is 10.9 Å². The molecule has 3 aromatic rings. The minimum absolute atomic E-state index is 0.0275. The molecule has 34 heavy (non-hydrogen) atoms. The van der Waals surface area contributed by atoms with Crippen LogP contribution >= 0.6 is 0 Å². The number of alkyl halides is 3. The Balaban J connectivity index is 1.61. The number of aromatic nitrogens is 1. The van der Waals surface area contributed by atoms with Crippen LogP contribution in [0.4, 0.5) is 18.9 Å². The smallest absolute Gasteiger partial charge is 0.372 e. The lowest BCUT2D eigenvalue weighted by atomic mass is 10.1.